The van der Waals surface area contributed by atoms with Gasteiger partial charge in [0.05, 0.1) is 18.0 Å². The molecule has 6 nitrogen and oxygen atoms in total. The third kappa shape index (κ3) is 5.84. The summed E-state index contributed by atoms with van der Waals surface area (Å²) in [6, 6.07) is 14.2. The van der Waals surface area contributed by atoms with Crippen LogP contribution >= 0.6 is 28.1 Å². The molecule has 8 heteroatoms. The third-order valence-electron chi connectivity index (χ3n) is 3.16. The first-order valence-electron chi connectivity index (χ1n) is 7.27. The Morgan fingerprint density at radius 1 is 1.12 bits per heavy atom. The van der Waals surface area contributed by atoms with Crippen LogP contribution in [0.25, 0.3) is 0 Å². The molecule has 3 N–H and O–H groups in total. The maximum absolute atomic E-state index is 12.1. The van der Waals surface area contributed by atoms with Crippen LogP contribution in [0.1, 0.15) is 15.9 Å². The number of benzene rings is 2. The van der Waals surface area contributed by atoms with Crippen molar-refractivity contribution in [2.75, 3.05) is 7.11 Å². The summed E-state index contributed by atoms with van der Waals surface area (Å²) in [5, 5.41) is 2.48. The van der Waals surface area contributed by atoms with Crippen molar-refractivity contribution in [2.24, 2.45) is 0 Å². The standard InChI is InChI=1S/C17H16BrN3O3S/c1-24-14-8-7-12(10-13(14)18)16(23)19-17(25)21-20-15(22)9-11-5-3-2-4-6-11/h2-8,10H,9H2,1H3,(H,20,22)(H2,19,21,23,25). The number of hydrogen-bond donors (Lipinski definition) is 3. The lowest BCUT2D eigenvalue weighted by Crippen LogP contribution is -2.48. The molecular formula is C17H16BrN3O3S. The number of carbonyl (C=O) groups is 2. The van der Waals surface area contributed by atoms with Gasteiger partial charge in [-0.2, -0.15) is 0 Å². The zero-order chi connectivity index (χ0) is 18.2. The minimum Gasteiger partial charge on any atom is -0.496 e. The number of nitrogens with one attached hydrogen (secondary N) is 3. The fourth-order valence-corrected chi connectivity index (χ4v) is 2.65. The van der Waals surface area contributed by atoms with Gasteiger partial charge in [-0.1, -0.05) is 30.3 Å². The molecule has 0 spiro atoms. The monoisotopic (exact) mass is 421 g/mol. The molecule has 2 amide bonds. The van der Waals surface area contributed by atoms with E-state index in [9.17, 15) is 9.59 Å². The van der Waals surface area contributed by atoms with Crippen LogP contribution in [-0.4, -0.2) is 24.0 Å². The van der Waals surface area contributed by atoms with Crippen LogP contribution in [0.5, 0.6) is 5.75 Å². The van der Waals surface area contributed by atoms with E-state index in [0.717, 1.165) is 5.56 Å². The maximum atomic E-state index is 12.1. The van der Waals surface area contributed by atoms with E-state index in [0.29, 0.717) is 15.8 Å². The number of halogens is 1. The van der Waals surface area contributed by atoms with E-state index >= 15 is 0 Å². The van der Waals surface area contributed by atoms with E-state index in [4.69, 9.17) is 17.0 Å². The largest absolute Gasteiger partial charge is 0.496 e. The fraction of sp³-hybridized carbons (Fsp3) is 0.118. The van der Waals surface area contributed by atoms with E-state index < -0.39 is 5.91 Å². The topological polar surface area (TPSA) is 79.5 Å². The van der Waals surface area contributed by atoms with Gasteiger partial charge >= 0.3 is 0 Å². The molecule has 0 atom stereocenters. The molecular weight excluding hydrogens is 406 g/mol. The Balaban J connectivity index is 1.82. The van der Waals surface area contributed by atoms with Crippen molar-refractivity contribution in [3.63, 3.8) is 0 Å². The Bertz CT molecular complexity index is 784. The summed E-state index contributed by atoms with van der Waals surface area (Å²) in [7, 11) is 1.54. The smallest absolute Gasteiger partial charge is 0.257 e. The number of carbonyl (C=O) groups excluding carboxylic acids is 2. The van der Waals surface area contributed by atoms with E-state index in [2.05, 4.69) is 32.1 Å². The van der Waals surface area contributed by atoms with Crippen LogP contribution in [0.2, 0.25) is 0 Å². The van der Waals surface area contributed by atoms with E-state index in [-0.39, 0.29) is 17.4 Å². The van der Waals surface area contributed by atoms with Crippen LogP contribution in [-0.2, 0) is 11.2 Å². The lowest BCUT2D eigenvalue weighted by molar-refractivity contribution is -0.121. The highest BCUT2D eigenvalue weighted by atomic mass is 79.9. The molecule has 25 heavy (non-hydrogen) atoms. The van der Waals surface area contributed by atoms with Crippen LogP contribution in [0.3, 0.4) is 0 Å². The summed E-state index contributed by atoms with van der Waals surface area (Å²) in [6.45, 7) is 0. The first kappa shape index (κ1) is 18.9. The van der Waals surface area contributed by atoms with Crippen molar-refractivity contribution in [3.05, 3.63) is 64.1 Å². The average molecular weight is 422 g/mol. The van der Waals surface area contributed by atoms with Crippen LogP contribution in [0, 0.1) is 0 Å². The number of amides is 2. The Morgan fingerprint density at radius 2 is 1.84 bits per heavy atom. The predicted molar refractivity (Wildman–Crippen MR) is 102 cm³/mol. The second-order valence-electron chi connectivity index (χ2n) is 4.97. The number of ether oxygens (including phenoxy) is 1. The van der Waals surface area contributed by atoms with E-state index in [1.165, 1.54) is 7.11 Å². The van der Waals surface area contributed by atoms with Gasteiger partial charge in [0.1, 0.15) is 5.75 Å². The van der Waals surface area contributed by atoms with Gasteiger partial charge in [0.15, 0.2) is 5.11 Å². The maximum Gasteiger partial charge on any atom is 0.257 e. The van der Waals surface area contributed by atoms with Gasteiger partial charge in [-0.25, -0.2) is 0 Å². The summed E-state index contributed by atoms with van der Waals surface area (Å²) in [4.78, 5) is 24.0. The van der Waals surface area contributed by atoms with Crippen LogP contribution < -0.4 is 20.9 Å². The van der Waals surface area contributed by atoms with Crippen molar-refractivity contribution in [2.45, 2.75) is 6.42 Å². The highest BCUT2D eigenvalue weighted by Gasteiger charge is 2.11. The number of rotatable bonds is 4. The Morgan fingerprint density at radius 3 is 2.48 bits per heavy atom. The second-order valence-corrected chi connectivity index (χ2v) is 6.23. The Kier molecular flexibility index (Phi) is 6.91. The van der Waals surface area contributed by atoms with Gasteiger partial charge in [0.25, 0.3) is 5.91 Å². The van der Waals surface area contributed by atoms with Crippen molar-refractivity contribution >= 4 is 45.1 Å². The summed E-state index contributed by atoms with van der Waals surface area (Å²) >= 11 is 8.31. The minimum absolute atomic E-state index is 0.00153. The molecule has 0 saturated carbocycles. The van der Waals surface area contributed by atoms with Gasteiger partial charge in [-0.05, 0) is 51.9 Å². The highest BCUT2D eigenvalue weighted by Crippen LogP contribution is 2.25. The van der Waals surface area contributed by atoms with Crippen LogP contribution in [0.15, 0.2) is 53.0 Å². The van der Waals surface area contributed by atoms with Gasteiger partial charge in [-0.3, -0.25) is 25.8 Å². The Labute approximate surface area is 159 Å². The summed E-state index contributed by atoms with van der Waals surface area (Å²) < 4.78 is 5.76. The summed E-state index contributed by atoms with van der Waals surface area (Å²) in [5.74, 6) is -0.0569. The van der Waals surface area contributed by atoms with E-state index in [1.807, 2.05) is 30.3 Å². The first-order valence-corrected chi connectivity index (χ1v) is 8.47. The molecule has 0 heterocycles. The fourth-order valence-electron chi connectivity index (χ4n) is 1.97. The lowest BCUT2D eigenvalue weighted by atomic mass is 10.1. The average Bonchev–Trinajstić information content (AvgIpc) is 2.60. The van der Waals surface area contributed by atoms with E-state index in [1.54, 1.807) is 18.2 Å². The molecule has 0 aliphatic rings. The molecule has 0 aliphatic heterocycles. The number of hydrazine groups is 1. The number of hydrogen-bond acceptors (Lipinski definition) is 4. The number of thiocarbonyl (C=S) groups is 1. The lowest BCUT2D eigenvalue weighted by Gasteiger charge is -2.11. The molecule has 0 bridgehead atoms. The van der Waals surface area contributed by atoms with Crippen molar-refractivity contribution in [1.29, 1.82) is 0 Å². The normalized spacial score (nSPS) is 9.84. The summed E-state index contributed by atoms with van der Waals surface area (Å²) in [5.41, 5.74) is 6.22. The molecule has 0 saturated heterocycles. The summed E-state index contributed by atoms with van der Waals surface area (Å²) in [6.07, 6.45) is 0.204. The molecule has 2 aromatic carbocycles. The van der Waals surface area contributed by atoms with Crippen molar-refractivity contribution in [3.8, 4) is 5.75 Å². The first-order chi connectivity index (χ1) is 12.0. The molecule has 130 valence electrons. The Hall–Kier alpha value is -2.45. The molecule has 2 aromatic rings. The quantitative estimate of drug-likeness (QED) is 0.521. The predicted octanol–water partition coefficient (Wildman–Crippen LogP) is 2.34. The molecule has 0 radical (unpaired) electrons. The van der Waals surface area contributed by atoms with Gasteiger partial charge in [0, 0.05) is 5.56 Å². The van der Waals surface area contributed by atoms with Gasteiger partial charge in [0.2, 0.25) is 5.91 Å². The van der Waals surface area contributed by atoms with Crippen molar-refractivity contribution < 1.29 is 14.3 Å². The minimum atomic E-state index is -0.404. The number of methoxy groups -OCH3 is 1. The zero-order valence-electron chi connectivity index (χ0n) is 13.3. The third-order valence-corrected chi connectivity index (χ3v) is 3.99. The van der Waals surface area contributed by atoms with Crippen molar-refractivity contribution in [1.82, 2.24) is 16.2 Å². The molecule has 0 unspecified atom stereocenters. The zero-order valence-corrected chi connectivity index (χ0v) is 15.7. The van der Waals surface area contributed by atoms with Crippen LogP contribution in [0.4, 0.5) is 0 Å². The molecule has 2 rings (SSSR count). The highest BCUT2D eigenvalue weighted by molar-refractivity contribution is 9.10. The molecule has 0 fully saturated rings. The van der Waals surface area contributed by atoms with Gasteiger partial charge < -0.3 is 4.74 Å². The molecule has 0 aliphatic carbocycles. The molecule has 0 aromatic heterocycles. The van der Waals surface area contributed by atoms with Gasteiger partial charge in [-0.15, -0.1) is 0 Å². The SMILES string of the molecule is COc1ccc(C(=O)NC(=S)NNC(=O)Cc2ccccc2)cc1Br. The second kappa shape index (κ2) is 9.14.